The largest absolute Gasteiger partial charge is 0.466 e. The Bertz CT molecular complexity index is 390. The number of nitrogens with zero attached hydrogens (tertiary/aromatic N) is 2. The van der Waals surface area contributed by atoms with E-state index >= 15 is 0 Å². The van der Waals surface area contributed by atoms with Crippen LogP contribution >= 0.6 is 0 Å². The summed E-state index contributed by atoms with van der Waals surface area (Å²) in [6.45, 7) is 4.42. The summed E-state index contributed by atoms with van der Waals surface area (Å²) in [5.74, 6) is -0.604. The zero-order valence-corrected chi connectivity index (χ0v) is 10.9. The number of carbonyl (C=O) groups excluding carboxylic acids is 3. The van der Waals surface area contributed by atoms with Gasteiger partial charge in [-0.1, -0.05) is 6.08 Å². The Morgan fingerprint density at radius 1 is 1.28 bits per heavy atom. The normalized spacial score (nSPS) is 17.2. The fourth-order valence-electron chi connectivity index (χ4n) is 1.65. The van der Waals surface area contributed by atoms with Gasteiger partial charge in [0.05, 0.1) is 13.7 Å². The molecule has 18 heavy (non-hydrogen) atoms. The van der Waals surface area contributed by atoms with Crippen molar-refractivity contribution in [2.75, 3.05) is 33.3 Å². The lowest BCUT2D eigenvalue weighted by Gasteiger charge is -2.32. The van der Waals surface area contributed by atoms with Gasteiger partial charge in [-0.05, 0) is 13.8 Å². The highest BCUT2D eigenvalue weighted by molar-refractivity contribution is 5.93. The lowest BCUT2D eigenvalue weighted by Crippen LogP contribution is -2.53. The van der Waals surface area contributed by atoms with E-state index in [0.29, 0.717) is 12.1 Å². The quantitative estimate of drug-likeness (QED) is 0.514. The molecule has 0 atom stereocenters. The average molecular weight is 254 g/mol. The molecule has 0 aromatic carbocycles. The first-order chi connectivity index (χ1) is 8.49. The summed E-state index contributed by atoms with van der Waals surface area (Å²) >= 11 is 0. The molecule has 1 saturated heterocycles. The number of esters is 1. The van der Waals surface area contributed by atoms with Crippen LogP contribution in [0.3, 0.4) is 0 Å². The molecule has 0 spiro atoms. The van der Waals surface area contributed by atoms with Crippen molar-refractivity contribution in [1.82, 2.24) is 9.80 Å². The smallest absolute Gasteiger partial charge is 0.333 e. The molecule has 0 aliphatic carbocycles. The molecule has 6 nitrogen and oxygen atoms in total. The molecule has 0 aromatic rings. The van der Waals surface area contributed by atoms with Crippen LogP contribution in [0.1, 0.15) is 13.8 Å². The van der Waals surface area contributed by atoms with Gasteiger partial charge in [0.25, 0.3) is 0 Å². The van der Waals surface area contributed by atoms with E-state index in [1.54, 1.807) is 13.0 Å². The van der Waals surface area contributed by atoms with Gasteiger partial charge in [0, 0.05) is 18.7 Å². The zero-order chi connectivity index (χ0) is 13.7. The lowest BCUT2D eigenvalue weighted by molar-refractivity contribution is -0.149. The van der Waals surface area contributed by atoms with E-state index in [0.717, 1.165) is 0 Å². The van der Waals surface area contributed by atoms with Crippen LogP contribution in [0.4, 0.5) is 0 Å². The third-order valence-electron chi connectivity index (χ3n) is 2.86. The highest BCUT2D eigenvalue weighted by Crippen LogP contribution is 2.06. The Kier molecular flexibility index (Phi) is 4.88. The molecule has 0 unspecified atom stereocenters. The Balaban J connectivity index is 2.61. The predicted molar refractivity (Wildman–Crippen MR) is 64.6 cm³/mol. The SMILES string of the molecule is CCN1CC(=O)N(CC=C(C)C(=O)OC)CC1=O. The molecule has 0 N–H and O–H groups in total. The van der Waals surface area contributed by atoms with Crippen molar-refractivity contribution in [2.45, 2.75) is 13.8 Å². The molecule has 1 fully saturated rings. The van der Waals surface area contributed by atoms with Gasteiger partial charge in [-0.25, -0.2) is 4.79 Å². The van der Waals surface area contributed by atoms with Gasteiger partial charge in [-0.2, -0.15) is 0 Å². The first-order valence-corrected chi connectivity index (χ1v) is 5.80. The number of carbonyl (C=O) groups is 3. The summed E-state index contributed by atoms with van der Waals surface area (Å²) in [6, 6.07) is 0. The number of methoxy groups -OCH3 is 1. The minimum Gasteiger partial charge on any atom is -0.466 e. The maximum atomic E-state index is 11.7. The molecule has 1 rings (SSSR count). The monoisotopic (exact) mass is 254 g/mol. The Morgan fingerprint density at radius 3 is 2.39 bits per heavy atom. The van der Waals surface area contributed by atoms with E-state index in [4.69, 9.17) is 0 Å². The predicted octanol–water partition coefficient (Wildman–Crippen LogP) is -0.204. The second-order valence-corrected chi connectivity index (χ2v) is 4.06. The van der Waals surface area contributed by atoms with Gasteiger partial charge >= 0.3 is 5.97 Å². The summed E-state index contributed by atoms with van der Waals surface area (Å²) < 4.78 is 4.55. The molecule has 0 saturated carbocycles. The minimum atomic E-state index is -0.430. The Labute approximate surface area is 106 Å². The Morgan fingerprint density at radius 2 is 1.83 bits per heavy atom. The molecule has 2 amide bonds. The summed E-state index contributed by atoms with van der Waals surface area (Å²) in [5, 5.41) is 0. The molecular weight excluding hydrogens is 236 g/mol. The van der Waals surface area contributed by atoms with E-state index in [1.165, 1.54) is 16.9 Å². The molecule has 6 heteroatoms. The third-order valence-corrected chi connectivity index (χ3v) is 2.86. The van der Waals surface area contributed by atoms with Crippen molar-refractivity contribution in [3.05, 3.63) is 11.6 Å². The van der Waals surface area contributed by atoms with Crippen LogP contribution in [-0.2, 0) is 19.1 Å². The lowest BCUT2D eigenvalue weighted by atomic mass is 10.2. The van der Waals surface area contributed by atoms with Crippen molar-refractivity contribution in [1.29, 1.82) is 0 Å². The molecule has 0 bridgehead atoms. The molecule has 100 valence electrons. The minimum absolute atomic E-state index is 0.0671. The second kappa shape index (κ2) is 6.18. The number of piperazine rings is 1. The van der Waals surface area contributed by atoms with Crippen molar-refractivity contribution in [3.63, 3.8) is 0 Å². The topological polar surface area (TPSA) is 66.9 Å². The molecule has 0 radical (unpaired) electrons. The Hall–Kier alpha value is -1.85. The van der Waals surface area contributed by atoms with Crippen molar-refractivity contribution in [3.8, 4) is 0 Å². The fourth-order valence-corrected chi connectivity index (χ4v) is 1.65. The van der Waals surface area contributed by atoms with Crippen LogP contribution in [0.15, 0.2) is 11.6 Å². The number of ether oxygens (including phenoxy) is 1. The third kappa shape index (κ3) is 3.32. The molecule has 0 aromatic heterocycles. The molecule has 1 heterocycles. The van der Waals surface area contributed by atoms with Crippen LogP contribution in [0, 0.1) is 0 Å². The first kappa shape index (κ1) is 14.2. The zero-order valence-electron chi connectivity index (χ0n) is 10.9. The number of hydrogen-bond acceptors (Lipinski definition) is 4. The highest BCUT2D eigenvalue weighted by atomic mass is 16.5. The highest BCUT2D eigenvalue weighted by Gasteiger charge is 2.28. The van der Waals surface area contributed by atoms with Gasteiger partial charge in [0.1, 0.15) is 6.54 Å². The fraction of sp³-hybridized carbons (Fsp3) is 0.583. The van der Waals surface area contributed by atoms with Crippen molar-refractivity contribution >= 4 is 17.8 Å². The molecular formula is C12H18N2O4. The molecule has 1 aliphatic rings. The van der Waals surface area contributed by atoms with E-state index in [2.05, 4.69) is 4.74 Å². The van der Waals surface area contributed by atoms with Crippen molar-refractivity contribution in [2.24, 2.45) is 0 Å². The van der Waals surface area contributed by atoms with Crippen LogP contribution in [-0.4, -0.2) is 60.9 Å². The van der Waals surface area contributed by atoms with Crippen LogP contribution in [0.2, 0.25) is 0 Å². The number of rotatable bonds is 4. The van der Waals surface area contributed by atoms with E-state index in [9.17, 15) is 14.4 Å². The molecule has 1 aliphatic heterocycles. The van der Waals surface area contributed by atoms with E-state index in [1.807, 2.05) is 6.92 Å². The summed E-state index contributed by atoms with van der Waals surface area (Å²) in [5.41, 5.74) is 0.427. The standard InChI is InChI=1S/C12H18N2O4/c1-4-13-7-11(16)14(8-10(13)15)6-5-9(2)12(17)18-3/h5H,4,6-8H2,1-3H3. The second-order valence-electron chi connectivity index (χ2n) is 4.06. The maximum Gasteiger partial charge on any atom is 0.333 e. The van der Waals surface area contributed by atoms with Gasteiger partial charge in [-0.3, -0.25) is 9.59 Å². The van der Waals surface area contributed by atoms with E-state index < -0.39 is 5.97 Å². The summed E-state index contributed by atoms with van der Waals surface area (Å²) in [4.78, 5) is 37.5. The maximum absolute atomic E-state index is 11.7. The number of amides is 2. The van der Waals surface area contributed by atoms with Gasteiger partial charge in [-0.15, -0.1) is 0 Å². The van der Waals surface area contributed by atoms with Gasteiger partial charge in [0.15, 0.2) is 0 Å². The summed E-state index contributed by atoms with van der Waals surface area (Å²) in [7, 11) is 1.30. The van der Waals surface area contributed by atoms with Gasteiger partial charge < -0.3 is 14.5 Å². The van der Waals surface area contributed by atoms with Crippen molar-refractivity contribution < 1.29 is 19.1 Å². The van der Waals surface area contributed by atoms with E-state index in [-0.39, 0.29) is 31.4 Å². The van der Waals surface area contributed by atoms with Gasteiger partial charge in [0.2, 0.25) is 11.8 Å². The van der Waals surface area contributed by atoms with Crippen LogP contribution in [0.25, 0.3) is 0 Å². The first-order valence-electron chi connectivity index (χ1n) is 5.80. The van der Waals surface area contributed by atoms with Crippen LogP contribution in [0.5, 0.6) is 0 Å². The number of hydrogen-bond donors (Lipinski definition) is 0. The van der Waals surface area contributed by atoms with Crippen LogP contribution < -0.4 is 0 Å². The summed E-state index contributed by atoms with van der Waals surface area (Å²) in [6.07, 6.45) is 1.60. The number of likely N-dealkylation sites (N-methyl/N-ethyl adjacent to an activating group) is 1. The average Bonchev–Trinajstić information content (AvgIpc) is 2.37.